The average molecular weight is 539 g/mol. The summed E-state index contributed by atoms with van der Waals surface area (Å²) in [5.41, 5.74) is 4.21. The maximum atomic E-state index is 2.55. The van der Waals surface area contributed by atoms with E-state index in [4.69, 9.17) is 0 Å². The van der Waals surface area contributed by atoms with Crippen LogP contribution in [0.25, 0.3) is 0 Å². The Hall–Kier alpha value is -1.56. The smallest absolute Gasteiger partial charge is 0.0264 e. The lowest BCUT2D eigenvalue weighted by Crippen LogP contribution is -2.49. The van der Waals surface area contributed by atoms with E-state index in [0.29, 0.717) is 10.8 Å². The predicted molar refractivity (Wildman–Crippen MR) is 171 cm³/mol. The van der Waals surface area contributed by atoms with Crippen molar-refractivity contribution in [2.24, 2.45) is 64.1 Å². The highest BCUT2D eigenvalue weighted by molar-refractivity contribution is 5.43. The zero-order valence-corrected chi connectivity index (χ0v) is 26.8. The van der Waals surface area contributed by atoms with Crippen LogP contribution in [0.15, 0.2) is 60.7 Å². The Balaban J connectivity index is 1.58. The van der Waals surface area contributed by atoms with Gasteiger partial charge in [0.2, 0.25) is 0 Å². The minimum absolute atomic E-state index is 0.120. The summed E-state index contributed by atoms with van der Waals surface area (Å²) in [6.07, 6.45) is 12.9. The third-order valence-electron chi connectivity index (χ3n) is 13.2. The lowest BCUT2D eigenvalue weighted by molar-refractivity contribution is 0.0422. The molecule has 0 amide bonds. The summed E-state index contributed by atoms with van der Waals surface area (Å²) < 4.78 is 0. The second kappa shape index (κ2) is 10.6. The molecule has 0 N–H and O–H groups in total. The molecular weight excluding hydrogens is 480 g/mol. The quantitative estimate of drug-likeness (QED) is 0.363. The van der Waals surface area contributed by atoms with Gasteiger partial charge in [-0.2, -0.15) is 0 Å². The molecule has 0 spiro atoms. The molecule has 4 aliphatic rings. The summed E-state index contributed by atoms with van der Waals surface area (Å²) in [7, 11) is 0. The Bertz CT molecular complexity index is 1040. The van der Waals surface area contributed by atoms with Crippen LogP contribution in [0.1, 0.15) is 117 Å². The molecule has 0 radical (unpaired) electrons. The van der Waals surface area contributed by atoms with Crippen molar-refractivity contribution in [3.05, 3.63) is 71.8 Å². The minimum Gasteiger partial charge on any atom is -0.0625 e. The molecule has 0 bridgehead atoms. The molecule has 8 unspecified atom stereocenters. The predicted octanol–water partition coefficient (Wildman–Crippen LogP) is 11.2. The molecule has 2 aromatic rings. The van der Waals surface area contributed by atoms with Crippen molar-refractivity contribution in [3.63, 3.8) is 0 Å². The van der Waals surface area contributed by atoms with Crippen LogP contribution in [0, 0.1) is 64.1 Å². The van der Waals surface area contributed by atoms with Gasteiger partial charge in [0.1, 0.15) is 0 Å². The molecular formula is C40H58. The molecule has 0 saturated heterocycles. The number of benzene rings is 2. The van der Waals surface area contributed by atoms with Gasteiger partial charge in [0, 0.05) is 5.41 Å². The molecule has 0 aliphatic heterocycles. The summed E-state index contributed by atoms with van der Waals surface area (Å²) in [6.45, 7) is 17.7. The molecule has 40 heavy (non-hydrogen) atoms. The second-order valence-corrected chi connectivity index (χ2v) is 17.1. The molecule has 2 aromatic carbocycles. The molecule has 4 aliphatic carbocycles. The third kappa shape index (κ3) is 4.82. The SMILES string of the molecule is CC1CCC(C(c2ccccc2)(c2ccccc2)C2C3CC(C(C)(C)C)CCC3C3CCC(C(C)(C)C)CC32)C1. The van der Waals surface area contributed by atoms with E-state index in [0.717, 1.165) is 53.3 Å². The Kier molecular flexibility index (Phi) is 7.58. The number of hydrogen-bond donors (Lipinski definition) is 0. The summed E-state index contributed by atoms with van der Waals surface area (Å²) in [6, 6.07) is 24.1. The lowest BCUT2D eigenvalue weighted by atomic mass is 9.50. The van der Waals surface area contributed by atoms with Gasteiger partial charge in [-0.1, -0.05) is 116 Å². The highest BCUT2D eigenvalue weighted by Crippen LogP contribution is 2.69. The zero-order chi connectivity index (χ0) is 28.3. The molecule has 218 valence electrons. The third-order valence-corrected chi connectivity index (χ3v) is 13.2. The summed E-state index contributed by atoms with van der Waals surface area (Å²) >= 11 is 0. The maximum Gasteiger partial charge on any atom is 0.0264 e. The van der Waals surface area contributed by atoms with Gasteiger partial charge in [0.25, 0.3) is 0 Å². The summed E-state index contributed by atoms with van der Waals surface area (Å²) in [4.78, 5) is 0. The Morgan fingerprint density at radius 3 is 1.27 bits per heavy atom. The molecule has 8 atom stereocenters. The normalized spacial score (nSPS) is 36.7. The Morgan fingerprint density at radius 1 is 0.475 bits per heavy atom. The van der Waals surface area contributed by atoms with Gasteiger partial charge in [-0.3, -0.25) is 0 Å². The molecule has 0 nitrogen and oxygen atoms in total. The summed E-state index contributed by atoms with van der Waals surface area (Å²) in [5.74, 6) is 7.58. The van der Waals surface area contributed by atoms with Crippen LogP contribution in [-0.2, 0) is 5.41 Å². The van der Waals surface area contributed by atoms with Crippen LogP contribution in [0.3, 0.4) is 0 Å². The first-order chi connectivity index (χ1) is 19.0. The first-order valence-electron chi connectivity index (χ1n) is 17.1. The highest BCUT2D eigenvalue weighted by Gasteiger charge is 2.63. The number of rotatable bonds is 4. The first kappa shape index (κ1) is 28.6. The monoisotopic (exact) mass is 538 g/mol. The van der Waals surface area contributed by atoms with Crippen LogP contribution in [0.4, 0.5) is 0 Å². The van der Waals surface area contributed by atoms with Crippen LogP contribution in [-0.4, -0.2) is 0 Å². The number of fused-ring (bicyclic) bond motifs is 3. The fraction of sp³-hybridized carbons (Fsp3) is 0.700. The highest BCUT2D eigenvalue weighted by atomic mass is 14.7. The zero-order valence-electron chi connectivity index (χ0n) is 26.8. The molecule has 0 heterocycles. The van der Waals surface area contributed by atoms with Gasteiger partial charge >= 0.3 is 0 Å². The van der Waals surface area contributed by atoms with Crippen LogP contribution < -0.4 is 0 Å². The maximum absolute atomic E-state index is 2.55. The lowest BCUT2D eigenvalue weighted by Gasteiger charge is -2.53. The van der Waals surface area contributed by atoms with Gasteiger partial charge in [-0.15, -0.1) is 0 Å². The average Bonchev–Trinajstić information content (AvgIpc) is 3.51. The number of hydrogen-bond acceptors (Lipinski definition) is 0. The topological polar surface area (TPSA) is 0 Å². The van der Waals surface area contributed by atoms with E-state index in [1.165, 1.54) is 57.8 Å². The molecule has 0 heteroatoms. The van der Waals surface area contributed by atoms with E-state index in [2.05, 4.69) is 109 Å². The molecule has 6 rings (SSSR count). The Morgan fingerprint density at radius 2 is 0.900 bits per heavy atom. The van der Waals surface area contributed by atoms with E-state index in [1.54, 1.807) is 11.1 Å². The standard InChI is InChI=1S/C40H58/c1-27-18-19-32(24-27)40(28-14-10-8-11-15-28,29-16-12-9-13-17-29)37-35-25-30(38(2,3)4)20-22-33(35)34-23-21-31(26-36(34)37)39(5,6)7/h8-17,27,30-37H,18-26H2,1-7H3. The van der Waals surface area contributed by atoms with Gasteiger partial charge in [0.15, 0.2) is 0 Å². The van der Waals surface area contributed by atoms with Crippen molar-refractivity contribution < 1.29 is 0 Å². The van der Waals surface area contributed by atoms with Crippen molar-refractivity contribution in [2.75, 3.05) is 0 Å². The van der Waals surface area contributed by atoms with Crippen LogP contribution >= 0.6 is 0 Å². The van der Waals surface area contributed by atoms with Gasteiger partial charge in [0.05, 0.1) is 0 Å². The fourth-order valence-electron chi connectivity index (χ4n) is 11.3. The van der Waals surface area contributed by atoms with Crippen molar-refractivity contribution in [2.45, 2.75) is 112 Å². The fourth-order valence-corrected chi connectivity index (χ4v) is 11.3. The van der Waals surface area contributed by atoms with Gasteiger partial charge in [-0.25, -0.2) is 0 Å². The first-order valence-corrected chi connectivity index (χ1v) is 17.1. The van der Waals surface area contributed by atoms with E-state index in [-0.39, 0.29) is 5.41 Å². The van der Waals surface area contributed by atoms with Crippen molar-refractivity contribution in [3.8, 4) is 0 Å². The molecule has 4 saturated carbocycles. The van der Waals surface area contributed by atoms with E-state index in [9.17, 15) is 0 Å². The van der Waals surface area contributed by atoms with Crippen molar-refractivity contribution in [1.29, 1.82) is 0 Å². The van der Waals surface area contributed by atoms with Crippen LogP contribution in [0.5, 0.6) is 0 Å². The van der Waals surface area contributed by atoms with Gasteiger partial charge in [-0.05, 0) is 127 Å². The van der Waals surface area contributed by atoms with E-state index < -0.39 is 0 Å². The Labute approximate surface area is 247 Å². The van der Waals surface area contributed by atoms with Crippen molar-refractivity contribution in [1.82, 2.24) is 0 Å². The molecule has 0 aromatic heterocycles. The minimum atomic E-state index is 0.120. The van der Waals surface area contributed by atoms with E-state index in [1.807, 2.05) is 0 Å². The van der Waals surface area contributed by atoms with E-state index >= 15 is 0 Å². The summed E-state index contributed by atoms with van der Waals surface area (Å²) in [5, 5.41) is 0. The second-order valence-electron chi connectivity index (χ2n) is 17.1. The molecule has 4 fully saturated rings. The largest absolute Gasteiger partial charge is 0.0625 e. The van der Waals surface area contributed by atoms with Crippen molar-refractivity contribution >= 4 is 0 Å². The van der Waals surface area contributed by atoms with Crippen LogP contribution in [0.2, 0.25) is 0 Å². The van der Waals surface area contributed by atoms with Gasteiger partial charge < -0.3 is 0 Å².